The third-order valence-corrected chi connectivity index (χ3v) is 2.53. The predicted octanol–water partition coefficient (Wildman–Crippen LogP) is 3.46. The Kier molecular flexibility index (Phi) is 11.4. The topological polar surface area (TPSA) is 35.5 Å². The summed E-state index contributed by atoms with van der Waals surface area (Å²) in [4.78, 5) is 11.5. The van der Waals surface area contributed by atoms with Crippen molar-refractivity contribution in [3.8, 4) is 0 Å². The molecule has 0 radical (unpaired) electrons. The molecule has 108 valence electrons. The molecule has 0 aromatic heterocycles. The zero-order valence-corrected chi connectivity index (χ0v) is 12.5. The fourth-order valence-electron chi connectivity index (χ4n) is 1.54. The van der Waals surface area contributed by atoms with Crippen LogP contribution in [0.5, 0.6) is 0 Å². The zero-order valence-electron chi connectivity index (χ0n) is 12.5. The quantitative estimate of drug-likeness (QED) is 0.503. The number of ketones is 1. The summed E-state index contributed by atoms with van der Waals surface area (Å²) in [5.41, 5.74) is 0. The van der Waals surface area contributed by atoms with Gasteiger partial charge in [0.05, 0.1) is 0 Å². The first-order valence-electron chi connectivity index (χ1n) is 7.19. The van der Waals surface area contributed by atoms with Gasteiger partial charge in [-0.3, -0.25) is 4.79 Å². The smallest absolute Gasteiger partial charge is 0.158 e. The molecule has 3 heteroatoms. The van der Waals surface area contributed by atoms with Crippen LogP contribution in [0, 0.1) is 11.8 Å². The van der Waals surface area contributed by atoms with Gasteiger partial charge in [0.25, 0.3) is 0 Å². The highest BCUT2D eigenvalue weighted by Gasteiger charge is 2.03. The van der Waals surface area contributed by atoms with Gasteiger partial charge in [-0.25, -0.2) is 0 Å². The van der Waals surface area contributed by atoms with E-state index in [0.717, 1.165) is 25.9 Å². The summed E-state index contributed by atoms with van der Waals surface area (Å²) in [5, 5.41) is 0. The lowest BCUT2D eigenvalue weighted by Crippen LogP contribution is -2.11. The van der Waals surface area contributed by atoms with Crippen LogP contribution in [0.1, 0.15) is 53.4 Å². The van der Waals surface area contributed by atoms with Gasteiger partial charge in [-0.1, -0.05) is 27.7 Å². The van der Waals surface area contributed by atoms with Crippen molar-refractivity contribution in [3.63, 3.8) is 0 Å². The van der Waals surface area contributed by atoms with E-state index in [4.69, 9.17) is 9.47 Å². The van der Waals surface area contributed by atoms with E-state index >= 15 is 0 Å². The summed E-state index contributed by atoms with van der Waals surface area (Å²) in [5.74, 6) is 1.46. The molecule has 0 bridgehead atoms. The van der Waals surface area contributed by atoms with Crippen LogP contribution < -0.4 is 0 Å². The Morgan fingerprint density at radius 3 is 2.22 bits per heavy atom. The SMILES string of the molecule is CC(C)CCCOCC(=O)CCCOCC(C)C. The second-order valence-electron chi connectivity index (χ2n) is 5.70. The largest absolute Gasteiger partial charge is 0.381 e. The Labute approximate surface area is 112 Å². The number of hydrogen-bond acceptors (Lipinski definition) is 3. The molecule has 0 N–H and O–H groups in total. The van der Waals surface area contributed by atoms with Crippen molar-refractivity contribution < 1.29 is 14.3 Å². The second-order valence-corrected chi connectivity index (χ2v) is 5.70. The average molecular weight is 258 g/mol. The van der Waals surface area contributed by atoms with E-state index in [-0.39, 0.29) is 12.4 Å². The first-order valence-corrected chi connectivity index (χ1v) is 7.19. The van der Waals surface area contributed by atoms with Crippen molar-refractivity contribution >= 4 is 5.78 Å². The minimum absolute atomic E-state index is 0.188. The van der Waals surface area contributed by atoms with Gasteiger partial charge in [0.15, 0.2) is 5.78 Å². The highest BCUT2D eigenvalue weighted by atomic mass is 16.5. The first kappa shape index (κ1) is 17.6. The van der Waals surface area contributed by atoms with Gasteiger partial charge < -0.3 is 9.47 Å². The summed E-state index contributed by atoms with van der Waals surface area (Å²) < 4.78 is 10.8. The molecular weight excluding hydrogens is 228 g/mol. The van der Waals surface area contributed by atoms with Crippen molar-refractivity contribution in [1.82, 2.24) is 0 Å². The standard InChI is InChI=1S/C15H30O3/c1-13(2)7-5-9-18-12-15(16)8-6-10-17-11-14(3)4/h13-14H,5-12H2,1-4H3. The van der Waals surface area contributed by atoms with Crippen LogP contribution in [-0.2, 0) is 14.3 Å². The van der Waals surface area contributed by atoms with Crippen molar-refractivity contribution in [2.24, 2.45) is 11.8 Å². The highest BCUT2D eigenvalue weighted by molar-refractivity contribution is 5.79. The molecule has 0 unspecified atom stereocenters. The van der Waals surface area contributed by atoms with Crippen LogP contribution in [-0.4, -0.2) is 32.2 Å². The van der Waals surface area contributed by atoms with E-state index in [0.29, 0.717) is 31.5 Å². The van der Waals surface area contributed by atoms with Crippen LogP contribution in [0.15, 0.2) is 0 Å². The van der Waals surface area contributed by atoms with E-state index in [2.05, 4.69) is 27.7 Å². The number of rotatable bonds is 12. The van der Waals surface area contributed by atoms with Crippen molar-refractivity contribution in [1.29, 1.82) is 0 Å². The molecule has 0 spiro atoms. The molecule has 0 fully saturated rings. The van der Waals surface area contributed by atoms with E-state index < -0.39 is 0 Å². The average Bonchev–Trinajstić information content (AvgIpc) is 2.27. The summed E-state index contributed by atoms with van der Waals surface area (Å²) in [6.07, 6.45) is 3.59. The molecular formula is C15H30O3. The van der Waals surface area contributed by atoms with Crippen LogP contribution in [0.3, 0.4) is 0 Å². The van der Waals surface area contributed by atoms with Gasteiger partial charge in [0, 0.05) is 26.2 Å². The number of Topliss-reactive ketones (excluding diaryl/α,β-unsaturated/α-hetero) is 1. The Hall–Kier alpha value is -0.410. The van der Waals surface area contributed by atoms with Gasteiger partial charge in [-0.15, -0.1) is 0 Å². The van der Waals surface area contributed by atoms with Crippen LogP contribution in [0.25, 0.3) is 0 Å². The molecule has 0 aromatic carbocycles. The normalized spacial score (nSPS) is 11.4. The molecule has 3 nitrogen and oxygen atoms in total. The molecule has 0 saturated heterocycles. The molecule has 0 rings (SSSR count). The van der Waals surface area contributed by atoms with E-state index in [9.17, 15) is 4.79 Å². The van der Waals surface area contributed by atoms with Gasteiger partial charge in [-0.05, 0) is 31.1 Å². The summed E-state index contributed by atoms with van der Waals surface area (Å²) >= 11 is 0. The van der Waals surface area contributed by atoms with Gasteiger partial charge in [-0.2, -0.15) is 0 Å². The fourth-order valence-corrected chi connectivity index (χ4v) is 1.54. The number of carbonyl (C=O) groups is 1. The number of carbonyl (C=O) groups excluding carboxylic acids is 1. The second kappa shape index (κ2) is 11.7. The maximum absolute atomic E-state index is 11.5. The van der Waals surface area contributed by atoms with Crippen LogP contribution in [0.2, 0.25) is 0 Å². The Morgan fingerprint density at radius 2 is 1.61 bits per heavy atom. The van der Waals surface area contributed by atoms with Crippen molar-refractivity contribution in [3.05, 3.63) is 0 Å². The summed E-state index contributed by atoms with van der Waals surface area (Å²) in [6.45, 7) is 11.1. The van der Waals surface area contributed by atoms with Crippen LogP contribution >= 0.6 is 0 Å². The molecule has 0 amide bonds. The Morgan fingerprint density at radius 1 is 0.944 bits per heavy atom. The van der Waals surface area contributed by atoms with Crippen molar-refractivity contribution in [2.75, 3.05) is 26.4 Å². The van der Waals surface area contributed by atoms with Crippen molar-refractivity contribution in [2.45, 2.75) is 53.4 Å². The van der Waals surface area contributed by atoms with E-state index in [1.807, 2.05) is 0 Å². The fraction of sp³-hybridized carbons (Fsp3) is 0.933. The molecule has 18 heavy (non-hydrogen) atoms. The lowest BCUT2D eigenvalue weighted by Gasteiger charge is -2.07. The summed E-state index contributed by atoms with van der Waals surface area (Å²) in [6, 6.07) is 0. The number of hydrogen-bond donors (Lipinski definition) is 0. The van der Waals surface area contributed by atoms with Gasteiger partial charge in [0.2, 0.25) is 0 Å². The highest BCUT2D eigenvalue weighted by Crippen LogP contribution is 2.03. The zero-order chi connectivity index (χ0) is 13.8. The molecule has 0 aliphatic heterocycles. The maximum Gasteiger partial charge on any atom is 0.158 e. The van der Waals surface area contributed by atoms with Gasteiger partial charge >= 0.3 is 0 Å². The minimum atomic E-state index is 0.188. The first-order chi connectivity index (χ1) is 8.52. The molecule has 0 aliphatic rings. The summed E-state index contributed by atoms with van der Waals surface area (Å²) in [7, 11) is 0. The molecule has 0 aromatic rings. The molecule has 0 saturated carbocycles. The number of ether oxygens (including phenoxy) is 2. The molecule has 0 heterocycles. The molecule has 0 atom stereocenters. The Balaban J connectivity index is 3.22. The molecule has 0 aliphatic carbocycles. The minimum Gasteiger partial charge on any atom is -0.381 e. The predicted molar refractivity (Wildman–Crippen MR) is 74.8 cm³/mol. The Bertz CT molecular complexity index is 180. The third-order valence-electron chi connectivity index (χ3n) is 2.53. The van der Waals surface area contributed by atoms with E-state index in [1.54, 1.807) is 0 Å². The monoisotopic (exact) mass is 258 g/mol. The lowest BCUT2D eigenvalue weighted by molar-refractivity contribution is -0.124. The van der Waals surface area contributed by atoms with Crippen LogP contribution in [0.4, 0.5) is 0 Å². The van der Waals surface area contributed by atoms with Gasteiger partial charge in [0.1, 0.15) is 6.61 Å². The third kappa shape index (κ3) is 13.7. The maximum atomic E-state index is 11.5. The lowest BCUT2D eigenvalue weighted by atomic mass is 10.1. The van der Waals surface area contributed by atoms with E-state index in [1.165, 1.54) is 0 Å².